The van der Waals surface area contributed by atoms with Crippen molar-refractivity contribution in [3.63, 3.8) is 0 Å². The lowest BCUT2D eigenvalue weighted by atomic mass is 10.2. The Kier molecular flexibility index (Phi) is 3.02. The second-order valence-electron chi connectivity index (χ2n) is 3.48. The summed E-state index contributed by atoms with van der Waals surface area (Å²) in [5.74, 6) is -0.626. The summed E-state index contributed by atoms with van der Waals surface area (Å²) in [6.45, 7) is 0. The number of sulfonamides is 1. The third kappa shape index (κ3) is 2.48. The van der Waals surface area contributed by atoms with E-state index < -0.39 is 15.9 Å². The van der Waals surface area contributed by atoms with Crippen LogP contribution in [0, 0.1) is 0 Å². The topological polar surface area (TPSA) is 118 Å². The summed E-state index contributed by atoms with van der Waals surface area (Å²) >= 11 is 0. The van der Waals surface area contributed by atoms with E-state index in [1.165, 1.54) is 36.7 Å². The number of nitrogens with one attached hydrogen (secondary N) is 2. The number of hydrogen-bond donors (Lipinski definition) is 3. The van der Waals surface area contributed by atoms with Crippen molar-refractivity contribution in [2.75, 3.05) is 4.72 Å². The van der Waals surface area contributed by atoms with Gasteiger partial charge in [-0.3, -0.25) is 14.6 Å². The minimum Gasteiger partial charge on any atom is -0.366 e. The number of aromatic amines is 1. The molecule has 0 atom stereocenters. The Bertz CT molecular complexity index is 664. The van der Waals surface area contributed by atoms with Crippen molar-refractivity contribution < 1.29 is 13.2 Å². The summed E-state index contributed by atoms with van der Waals surface area (Å²) < 4.78 is 26.0. The second-order valence-corrected chi connectivity index (χ2v) is 5.17. The van der Waals surface area contributed by atoms with E-state index in [0.29, 0.717) is 0 Å². The van der Waals surface area contributed by atoms with Crippen molar-refractivity contribution in [1.29, 1.82) is 0 Å². The lowest BCUT2D eigenvalue weighted by Crippen LogP contribution is -2.14. The Hall–Kier alpha value is -2.35. The molecule has 0 aliphatic heterocycles. The SMILES string of the molecule is NC(=O)c1cccc(NS(=O)(=O)c2cn[nH]c2)c1. The van der Waals surface area contributed by atoms with Gasteiger partial charge in [-0.1, -0.05) is 6.07 Å². The van der Waals surface area contributed by atoms with Crippen LogP contribution >= 0.6 is 0 Å². The highest BCUT2D eigenvalue weighted by molar-refractivity contribution is 7.92. The summed E-state index contributed by atoms with van der Waals surface area (Å²) in [7, 11) is -3.71. The number of carbonyl (C=O) groups excluding carboxylic acids is 1. The third-order valence-corrected chi connectivity index (χ3v) is 3.53. The van der Waals surface area contributed by atoms with Crippen LogP contribution in [0.2, 0.25) is 0 Å². The van der Waals surface area contributed by atoms with E-state index in [2.05, 4.69) is 14.9 Å². The van der Waals surface area contributed by atoms with Gasteiger partial charge in [0.1, 0.15) is 4.90 Å². The molecule has 8 heteroatoms. The number of rotatable bonds is 4. The molecule has 18 heavy (non-hydrogen) atoms. The standard InChI is InChI=1S/C10H10N4O3S/c11-10(15)7-2-1-3-8(4-7)14-18(16,17)9-5-12-13-6-9/h1-6,14H,(H2,11,15)(H,12,13). The van der Waals surface area contributed by atoms with Gasteiger partial charge in [0.15, 0.2) is 0 Å². The van der Waals surface area contributed by atoms with E-state index in [1.54, 1.807) is 0 Å². The molecule has 0 spiro atoms. The molecule has 0 unspecified atom stereocenters. The molecule has 0 fully saturated rings. The van der Waals surface area contributed by atoms with Gasteiger partial charge in [-0.2, -0.15) is 5.10 Å². The van der Waals surface area contributed by atoms with Gasteiger partial charge in [0.25, 0.3) is 10.0 Å². The molecular weight excluding hydrogens is 256 g/mol. The van der Waals surface area contributed by atoms with Gasteiger partial charge in [-0.05, 0) is 18.2 Å². The van der Waals surface area contributed by atoms with Crippen molar-refractivity contribution in [3.05, 3.63) is 42.2 Å². The van der Waals surface area contributed by atoms with Crippen molar-refractivity contribution in [2.45, 2.75) is 4.90 Å². The van der Waals surface area contributed by atoms with Crippen LogP contribution in [-0.2, 0) is 10.0 Å². The lowest BCUT2D eigenvalue weighted by Gasteiger charge is -2.06. The van der Waals surface area contributed by atoms with Crippen LogP contribution in [0.25, 0.3) is 0 Å². The zero-order valence-corrected chi connectivity index (χ0v) is 9.94. The van der Waals surface area contributed by atoms with Gasteiger partial charge < -0.3 is 5.73 Å². The Morgan fingerprint density at radius 1 is 1.39 bits per heavy atom. The average Bonchev–Trinajstić information content (AvgIpc) is 2.82. The number of H-pyrrole nitrogens is 1. The van der Waals surface area contributed by atoms with Gasteiger partial charge in [0.05, 0.1) is 6.20 Å². The van der Waals surface area contributed by atoms with Gasteiger partial charge in [-0.15, -0.1) is 0 Å². The molecular formula is C10H10N4O3S. The molecule has 0 saturated heterocycles. The van der Waals surface area contributed by atoms with Crippen LogP contribution in [0.15, 0.2) is 41.6 Å². The number of anilines is 1. The van der Waals surface area contributed by atoms with Crippen LogP contribution in [0.4, 0.5) is 5.69 Å². The number of amides is 1. The fraction of sp³-hybridized carbons (Fsp3) is 0. The zero-order valence-electron chi connectivity index (χ0n) is 9.12. The zero-order chi connectivity index (χ0) is 13.2. The molecule has 4 N–H and O–H groups in total. The largest absolute Gasteiger partial charge is 0.366 e. The van der Waals surface area contributed by atoms with Crippen LogP contribution < -0.4 is 10.5 Å². The van der Waals surface area contributed by atoms with Gasteiger partial charge in [-0.25, -0.2) is 8.42 Å². The van der Waals surface area contributed by atoms with Crippen molar-refractivity contribution in [1.82, 2.24) is 10.2 Å². The second kappa shape index (κ2) is 4.49. The number of hydrogen-bond acceptors (Lipinski definition) is 4. The van der Waals surface area contributed by atoms with E-state index in [-0.39, 0.29) is 16.1 Å². The maximum absolute atomic E-state index is 11.9. The Balaban J connectivity index is 2.30. The summed E-state index contributed by atoms with van der Waals surface area (Å²) in [5, 5.41) is 5.97. The lowest BCUT2D eigenvalue weighted by molar-refractivity contribution is 0.100. The molecule has 0 bridgehead atoms. The highest BCUT2D eigenvalue weighted by Gasteiger charge is 2.15. The maximum Gasteiger partial charge on any atom is 0.265 e. The summed E-state index contributed by atoms with van der Waals surface area (Å²) in [6, 6.07) is 5.91. The quantitative estimate of drug-likeness (QED) is 0.737. The van der Waals surface area contributed by atoms with Crippen LogP contribution in [0.5, 0.6) is 0 Å². The molecule has 0 saturated carbocycles. The summed E-state index contributed by atoms with van der Waals surface area (Å²) in [4.78, 5) is 11.0. The fourth-order valence-corrected chi connectivity index (χ4v) is 2.29. The normalized spacial score (nSPS) is 11.1. The Morgan fingerprint density at radius 2 is 2.17 bits per heavy atom. The van der Waals surface area contributed by atoms with Crippen molar-refractivity contribution >= 4 is 21.6 Å². The highest BCUT2D eigenvalue weighted by Crippen LogP contribution is 2.15. The number of primary amides is 1. The number of nitrogens with two attached hydrogens (primary N) is 1. The first-order valence-corrected chi connectivity index (χ1v) is 6.39. The highest BCUT2D eigenvalue weighted by atomic mass is 32.2. The molecule has 0 radical (unpaired) electrons. The molecule has 1 amide bonds. The maximum atomic E-state index is 11.9. The first-order chi connectivity index (χ1) is 8.49. The molecule has 1 aromatic carbocycles. The predicted octanol–water partition coefficient (Wildman–Crippen LogP) is 0.309. The number of benzene rings is 1. The monoisotopic (exact) mass is 266 g/mol. The van der Waals surface area contributed by atoms with Gasteiger partial charge in [0.2, 0.25) is 5.91 Å². The van der Waals surface area contributed by atoms with Crippen molar-refractivity contribution in [3.8, 4) is 0 Å². The van der Waals surface area contributed by atoms with E-state index in [1.807, 2.05) is 0 Å². The molecule has 2 aromatic rings. The molecule has 7 nitrogen and oxygen atoms in total. The van der Waals surface area contributed by atoms with E-state index >= 15 is 0 Å². The molecule has 1 aromatic heterocycles. The molecule has 0 aliphatic rings. The predicted molar refractivity (Wildman–Crippen MR) is 64.4 cm³/mol. The molecule has 0 aliphatic carbocycles. The first kappa shape index (κ1) is 12.1. The third-order valence-electron chi connectivity index (χ3n) is 2.18. The average molecular weight is 266 g/mol. The van der Waals surface area contributed by atoms with Gasteiger partial charge >= 0.3 is 0 Å². The van der Waals surface area contributed by atoms with Crippen molar-refractivity contribution in [2.24, 2.45) is 5.73 Å². The van der Waals surface area contributed by atoms with Crippen LogP contribution in [-0.4, -0.2) is 24.5 Å². The van der Waals surface area contributed by atoms with E-state index in [9.17, 15) is 13.2 Å². The number of aromatic nitrogens is 2. The van der Waals surface area contributed by atoms with Gasteiger partial charge in [0, 0.05) is 17.4 Å². The number of carbonyl (C=O) groups is 1. The Labute approximate surface area is 103 Å². The van der Waals surface area contributed by atoms with E-state index in [4.69, 9.17) is 5.73 Å². The van der Waals surface area contributed by atoms with Crippen LogP contribution in [0.3, 0.4) is 0 Å². The number of nitrogens with zero attached hydrogens (tertiary/aromatic N) is 1. The fourth-order valence-electron chi connectivity index (χ4n) is 1.34. The minimum atomic E-state index is -3.71. The molecule has 2 rings (SSSR count). The minimum absolute atomic E-state index is 0.00646. The molecule has 94 valence electrons. The summed E-state index contributed by atoms with van der Waals surface area (Å²) in [6.07, 6.45) is 2.43. The summed E-state index contributed by atoms with van der Waals surface area (Å²) in [5.41, 5.74) is 5.59. The molecule has 1 heterocycles. The smallest absolute Gasteiger partial charge is 0.265 e. The Morgan fingerprint density at radius 3 is 2.78 bits per heavy atom. The van der Waals surface area contributed by atoms with E-state index in [0.717, 1.165) is 0 Å². The van der Waals surface area contributed by atoms with Crippen LogP contribution in [0.1, 0.15) is 10.4 Å². The first-order valence-electron chi connectivity index (χ1n) is 4.90.